The number of rotatable bonds is 2. The normalized spacial score (nSPS) is 10.7. The van der Waals surface area contributed by atoms with Crippen LogP contribution in [-0.2, 0) is 0 Å². The molecule has 2 aromatic heterocycles. The van der Waals surface area contributed by atoms with Crippen LogP contribution in [0, 0.1) is 5.82 Å². The first-order valence-corrected chi connectivity index (χ1v) is 6.65. The third-order valence-corrected chi connectivity index (χ3v) is 3.47. The number of aromatic nitrogens is 3. The average molecular weight is 333 g/mol. The fourth-order valence-electron chi connectivity index (χ4n) is 1.88. The highest BCUT2D eigenvalue weighted by molar-refractivity contribution is 9.10. The van der Waals surface area contributed by atoms with Crippen molar-refractivity contribution in [1.82, 2.24) is 14.8 Å². The van der Waals surface area contributed by atoms with Crippen LogP contribution in [0.2, 0.25) is 0 Å². The van der Waals surface area contributed by atoms with E-state index in [9.17, 15) is 4.39 Å². The summed E-state index contributed by atoms with van der Waals surface area (Å²) in [7, 11) is 0. The van der Waals surface area contributed by atoms with Crippen LogP contribution in [0.4, 0.5) is 10.1 Å². The minimum Gasteiger partial charge on any atom is -0.396 e. The molecule has 0 spiro atoms. The Labute approximate surface area is 123 Å². The first-order valence-electron chi connectivity index (χ1n) is 5.86. The first kappa shape index (κ1) is 12.8. The Kier molecular flexibility index (Phi) is 3.23. The molecule has 0 saturated heterocycles. The molecule has 0 amide bonds. The van der Waals surface area contributed by atoms with Crippen molar-refractivity contribution in [2.24, 2.45) is 0 Å². The van der Waals surface area contributed by atoms with Gasteiger partial charge in [-0.2, -0.15) is 5.10 Å². The minimum absolute atomic E-state index is 0.319. The van der Waals surface area contributed by atoms with Gasteiger partial charge >= 0.3 is 0 Å². The Hall–Kier alpha value is -2.21. The number of anilines is 1. The van der Waals surface area contributed by atoms with E-state index >= 15 is 0 Å². The number of pyridine rings is 1. The van der Waals surface area contributed by atoms with Crippen LogP contribution >= 0.6 is 15.9 Å². The third-order valence-electron chi connectivity index (χ3n) is 2.86. The standard InChI is InChI=1S/C14H10BrFN4/c15-11-7-9(1-2-12(11)16)14-13(17)8-20(19-14)10-3-5-18-6-4-10/h1-8H,17H2. The molecule has 2 N–H and O–H groups in total. The van der Waals surface area contributed by atoms with E-state index in [0.29, 0.717) is 15.9 Å². The van der Waals surface area contributed by atoms with Crippen molar-refractivity contribution in [1.29, 1.82) is 0 Å². The molecule has 6 heteroatoms. The lowest BCUT2D eigenvalue weighted by molar-refractivity contribution is 0.621. The topological polar surface area (TPSA) is 56.7 Å². The van der Waals surface area contributed by atoms with E-state index in [0.717, 1.165) is 11.3 Å². The number of halogens is 2. The molecule has 0 aliphatic carbocycles. The molecule has 0 aliphatic rings. The van der Waals surface area contributed by atoms with Crippen molar-refractivity contribution >= 4 is 21.6 Å². The van der Waals surface area contributed by atoms with Gasteiger partial charge in [-0.25, -0.2) is 9.07 Å². The molecule has 100 valence electrons. The molecular formula is C14H10BrFN4. The predicted octanol–water partition coefficient (Wildman–Crippen LogP) is 3.42. The highest BCUT2D eigenvalue weighted by atomic mass is 79.9. The SMILES string of the molecule is Nc1cn(-c2ccncc2)nc1-c1ccc(F)c(Br)c1. The fourth-order valence-corrected chi connectivity index (χ4v) is 2.26. The van der Waals surface area contributed by atoms with Gasteiger partial charge in [0.15, 0.2) is 0 Å². The summed E-state index contributed by atoms with van der Waals surface area (Å²) in [6, 6.07) is 8.35. The van der Waals surface area contributed by atoms with E-state index in [1.807, 2.05) is 12.1 Å². The summed E-state index contributed by atoms with van der Waals surface area (Å²) in [6.45, 7) is 0. The Bertz CT molecular complexity index is 755. The Morgan fingerprint density at radius 2 is 1.90 bits per heavy atom. The van der Waals surface area contributed by atoms with Gasteiger partial charge in [0.05, 0.1) is 22.0 Å². The number of hydrogen-bond donors (Lipinski definition) is 1. The van der Waals surface area contributed by atoms with E-state index < -0.39 is 0 Å². The molecule has 0 bridgehead atoms. The maximum atomic E-state index is 13.3. The second-order valence-electron chi connectivity index (χ2n) is 4.21. The Morgan fingerprint density at radius 3 is 2.60 bits per heavy atom. The average Bonchev–Trinajstić information content (AvgIpc) is 2.85. The van der Waals surface area contributed by atoms with Crippen molar-refractivity contribution in [2.75, 3.05) is 5.73 Å². The van der Waals surface area contributed by atoms with Gasteiger partial charge in [-0.1, -0.05) is 0 Å². The van der Waals surface area contributed by atoms with Crippen molar-refractivity contribution in [3.8, 4) is 16.9 Å². The van der Waals surface area contributed by atoms with Crippen LogP contribution in [0.3, 0.4) is 0 Å². The maximum Gasteiger partial charge on any atom is 0.137 e. The molecule has 0 unspecified atom stereocenters. The Balaban J connectivity index is 2.07. The lowest BCUT2D eigenvalue weighted by atomic mass is 10.1. The Morgan fingerprint density at radius 1 is 1.15 bits per heavy atom. The van der Waals surface area contributed by atoms with Crippen LogP contribution in [-0.4, -0.2) is 14.8 Å². The third kappa shape index (κ3) is 2.30. The molecule has 1 aromatic carbocycles. The zero-order valence-electron chi connectivity index (χ0n) is 10.3. The van der Waals surface area contributed by atoms with E-state index in [1.54, 1.807) is 35.4 Å². The smallest absolute Gasteiger partial charge is 0.137 e. The molecule has 4 nitrogen and oxygen atoms in total. The summed E-state index contributed by atoms with van der Waals surface area (Å²) in [5.41, 5.74) is 8.75. The van der Waals surface area contributed by atoms with E-state index in [2.05, 4.69) is 26.0 Å². The quantitative estimate of drug-likeness (QED) is 0.782. The number of nitrogen functional groups attached to an aromatic ring is 1. The van der Waals surface area contributed by atoms with Gasteiger partial charge in [-0.15, -0.1) is 0 Å². The number of nitrogens with two attached hydrogens (primary N) is 1. The molecule has 0 radical (unpaired) electrons. The van der Waals surface area contributed by atoms with Gasteiger partial charge in [0.25, 0.3) is 0 Å². The van der Waals surface area contributed by atoms with Gasteiger partial charge in [0.1, 0.15) is 11.5 Å². The van der Waals surface area contributed by atoms with Crippen LogP contribution in [0.1, 0.15) is 0 Å². The lowest BCUT2D eigenvalue weighted by Gasteiger charge is -2.01. The summed E-state index contributed by atoms with van der Waals surface area (Å²) >= 11 is 3.16. The van der Waals surface area contributed by atoms with Crippen molar-refractivity contribution in [2.45, 2.75) is 0 Å². The highest BCUT2D eigenvalue weighted by Crippen LogP contribution is 2.28. The van der Waals surface area contributed by atoms with Crippen LogP contribution in [0.5, 0.6) is 0 Å². The molecule has 20 heavy (non-hydrogen) atoms. The summed E-state index contributed by atoms with van der Waals surface area (Å²) in [4.78, 5) is 3.96. The molecule has 0 aliphatic heterocycles. The maximum absolute atomic E-state index is 13.3. The van der Waals surface area contributed by atoms with Crippen molar-refractivity contribution < 1.29 is 4.39 Å². The molecule has 0 atom stereocenters. The van der Waals surface area contributed by atoms with Crippen LogP contribution in [0.25, 0.3) is 16.9 Å². The second-order valence-corrected chi connectivity index (χ2v) is 5.07. The number of hydrogen-bond acceptors (Lipinski definition) is 3. The molecule has 2 heterocycles. The predicted molar refractivity (Wildman–Crippen MR) is 78.9 cm³/mol. The van der Waals surface area contributed by atoms with Gasteiger partial charge < -0.3 is 5.73 Å². The van der Waals surface area contributed by atoms with Gasteiger partial charge in [0, 0.05) is 18.0 Å². The largest absolute Gasteiger partial charge is 0.396 e. The first-order chi connectivity index (χ1) is 9.65. The number of benzene rings is 1. The van der Waals surface area contributed by atoms with E-state index in [1.165, 1.54) is 6.07 Å². The fraction of sp³-hybridized carbons (Fsp3) is 0. The molecule has 3 rings (SSSR count). The molecular weight excluding hydrogens is 323 g/mol. The summed E-state index contributed by atoms with van der Waals surface area (Å²) < 4.78 is 15.3. The number of nitrogens with zero attached hydrogens (tertiary/aromatic N) is 3. The monoisotopic (exact) mass is 332 g/mol. The molecule has 0 saturated carbocycles. The van der Waals surface area contributed by atoms with Crippen molar-refractivity contribution in [3.05, 3.63) is 59.2 Å². The van der Waals surface area contributed by atoms with Gasteiger partial charge in [-0.3, -0.25) is 4.98 Å². The minimum atomic E-state index is -0.319. The van der Waals surface area contributed by atoms with E-state index in [-0.39, 0.29) is 5.82 Å². The van der Waals surface area contributed by atoms with Crippen LogP contribution in [0.15, 0.2) is 53.4 Å². The van der Waals surface area contributed by atoms with E-state index in [4.69, 9.17) is 5.73 Å². The second kappa shape index (κ2) is 5.05. The zero-order valence-corrected chi connectivity index (χ0v) is 11.9. The summed E-state index contributed by atoms with van der Waals surface area (Å²) in [6.07, 6.45) is 5.09. The van der Waals surface area contributed by atoms with Crippen molar-refractivity contribution in [3.63, 3.8) is 0 Å². The molecule has 3 aromatic rings. The van der Waals surface area contributed by atoms with Gasteiger partial charge in [0.2, 0.25) is 0 Å². The summed E-state index contributed by atoms with van der Waals surface area (Å²) in [5.74, 6) is -0.319. The highest BCUT2D eigenvalue weighted by Gasteiger charge is 2.11. The van der Waals surface area contributed by atoms with Gasteiger partial charge in [-0.05, 0) is 46.3 Å². The zero-order chi connectivity index (χ0) is 14.1. The van der Waals surface area contributed by atoms with Crippen LogP contribution < -0.4 is 5.73 Å². The summed E-state index contributed by atoms with van der Waals surface area (Å²) in [5, 5.41) is 4.44. The lowest BCUT2D eigenvalue weighted by Crippen LogP contribution is -1.94. The molecule has 0 fully saturated rings.